The lowest BCUT2D eigenvalue weighted by molar-refractivity contribution is -0.274. The number of hydrogen-bond donors (Lipinski definition) is 2. The van der Waals surface area contributed by atoms with Gasteiger partial charge in [0.25, 0.3) is 0 Å². The van der Waals surface area contributed by atoms with E-state index < -0.39 is 18.4 Å². The van der Waals surface area contributed by atoms with Crippen LogP contribution in [0, 0.1) is 0 Å². The van der Waals surface area contributed by atoms with E-state index in [1.807, 2.05) is 0 Å². The van der Waals surface area contributed by atoms with E-state index >= 15 is 0 Å². The number of ether oxygens (including phenoxy) is 2. The van der Waals surface area contributed by atoms with Gasteiger partial charge in [0.2, 0.25) is 5.91 Å². The molecule has 1 heterocycles. The molecule has 1 fully saturated rings. The minimum Gasteiger partial charge on any atom is -0.406 e. The lowest BCUT2D eigenvalue weighted by Gasteiger charge is -2.30. The first-order valence-electron chi connectivity index (χ1n) is 7.27. The van der Waals surface area contributed by atoms with E-state index in [1.165, 1.54) is 18.2 Å². The van der Waals surface area contributed by atoms with Gasteiger partial charge in [-0.05, 0) is 31.5 Å². The number of amides is 1. The molecule has 1 saturated heterocycles. The van der Waals surface area contributed by atoms with Gasteiger partial charge >= 0.3 is 6.36 Å². The summed E-state index contributed by atoms with van der Waals surface area (Å²) in [5.41, 5.74) is 0.518. The maximum Gasteiger partial charge on any atom is 0.573 e. The second kappa shape index (κ2) is 7.18. The standard InChI is InChI=1S/C15H19F3N2O3/c1-9(20-14(21)13-10(2)22-7-6-19-13)11-4-3-5-12(8-11)23-15(16,17)18/h3-5,8-10,13,19H,6-7H2,1-2H3,(H,20,21)/t9?,10-,13+/m1/s1. The number of halogens is 3. The Kier molecular flexibility index (Phi) is 5.48. The Hall–Kier alpha value is -1.80. The number of hydrogen-bond acceptors (Lipinski definition) is 4. The summed E-state index contributed by atoms with van der Waals surface area (Å²) in [6.45, 7) is 4.60. The Bertz CT molecular complexity index is 551. The summed E-state index contributed by atoms with van der Waals surface area (Å²) in [7, 11) is 0. The third kappa shape index (κ3) is 5.11. The summed E-state index contributed by atoms with van der Waals surface area (Å²) in [4.78, 5) is 12.2. The van der Waals surface area contributed by atoms with Crippen LogP contribution in [0.5, 0.6) is 5.75 Å². The molecule has 128 valence electrons. The van der Waals surface area contributed by atoms with Gasteiger partial charge in [-0.15, -0.1) is 13.2 Å². The first kappa shape index (κ1) is 17.6. The van der Waals surface area contributed by atoms with Crippen molar-refractivity contribution < 1.29 is 27.4 Å². The molecule has 3 atom stereocenters. The molecule has 1 aliphatic rings. The maximum atomic E-state index is 12.3. The molecule has 0 aromatic heterocycles. The first-order valence-corrected chi connectivity index (χ1v) is 7.27. The summed E-state index contributed by atoms with van der Waals surface area (Å²) < 4.78 is 46.1. The second-order valence-corrected chi connectivity index (χ2v) is 5.36. The van der Waals surface area contributed by atoms with Crippen LogP contribution in [0.4, 0.5) is 13.2 Å². The molecule has 2 rings (SSSR count). The number of morpholine rings is 1. The minimum atomic E-state index is -4.75. The smallest absolute Gasteiger partial charge is 0.406 e. The van der Waals surface area contributed by atoms with Gasteiger partial charge in [0.1, 0.15) is 11.8 Å². The van der Waals surface area contributed by atoms with Crippen LogP contribution in [-0.4, -0.2) is 37.6 Å². The zero-order valence-electron chi connectivity index (χ0n) is 12.8. The van der Waals surface area contributed by atoms with Gasteiger partial charge in [-0.1, -0.05) is 12.1 Å². The Morgan fingerprint density at radius 1 is 1.48 bits per heavy atom. The van der Waals surface area contributed by atoms with E-state index in [-0.39, 0.29) is 17.8 Å². The molecular weight excluding hydrogens is 313 g/mol. The number of carbonyl (C=O) groups excluding carboxylic acids is 1. The molecule has 0 spiro atoms. The van der Waals surface area contributed by atoms with Crippen LogP contribution in [0.15, 0.2) is 24.3 Å². The predicted octanol–water partition coefficient (Wildman–Crippen LogP) is 2.14. The maximum absolute atomic E-state index is 12.3. The van der Waals surface area contributed by atoms with Crippen molar-refractivity contribution in [3.63, 3.8) is 0 Å². The molecule has 8 heteroatoms. The SMILES string of the molecule is CC(NC(=O)[C@H]1NCCO[C@@H]1C)c1cccc(OC(F)(F)F)c1. The number of nitrogens with one attached hydrogen (secondary N) is 2. The zero-order chi connectivity index (χ0) is 17.0. The van der Waals surface area contributed by atoms with Crippen molar-refractivity contribution in [1.29, 1.82) is 0 Å². The zero-order valence-corrected chi connectivity index (χ0v) is 12.8. The topological polar surface area (TPSA) is 59.6 Å². The molecule has 1 aromatic carbocycles. The highest BCUT2D eigenvalue weighted by Gasteiger charge is 2.32. The van der Waals surface area contributed by atoms with Crippen LogP contribution in [0.2, 0.25) is 0 Å². The summed E-state index contributed by atoms with van der Waals surface area (Å²) in [5.74, 6) is -0.574. The second-order valence-electron chi connectivity index (χ2n) is 5.36. The van der Waals surface area contributed by atoms with Gasteiger partial charge in [-0.3, -0.25) is 4.79 Å². The van der Waals surface area contributed by atoms with Crippen molar-refractivity contribution in [2.24, 2.45) is 0 Å². The first-order chi connectivity index (χ1) is 10.8. The normalized spacial score (nSPS) is 23.2. The van der Waals surface area contributed by atoms with E-state index in [2.05, 4.69) is 15.4 Å². The number of rotatable bonds is 4. The van der Waals surface area contributed by atoms with E-state index in [0.717, 1.165) is 0 Å². The van der Waals surface area contributed by atoms with Gasteiger partial charge in [0, 0.05) is 6.54 Å². The third-order valence-corrected chi connectivity index (χ3v) is 3.55. The molecule has 23 heavy (non-hydrogen) atoms. The highest BCUT2D eigenvalue weighted by molar-refractivity contribution is 5.82. The number of alkyl halides is 3. The van der Waals surface area contributed by atoms with Gasteiger partial charge < -0.3 is 20.1 Å². The molecule has 1 amide bonds. The predicted molar refractivity (Wildman–Crippen MR) is 76.9 cm³/mol. The average molecular weight is 332 g/mol. The molecule has 0 bridgehead atoms. The van der Waals surface area contributed by atoms with E-state index in [1.54, 1.807) is 19.9 Å². The molecule has 5 nitrogen and oxygen atoms in total. The lowest BCUT2D eigenvalue weighted by atomic mass is 10.1. The van der Waals surface area contributed by atoms with Crippen LogP contribution >= 0.6 is 0 Å². The highest BCUT2D eigenvalue weighted by Crippen LogP contribution is 2.25. The molecule has 1 aromatic rings. The molecular formula is C15H19F3N2O3. The summed E-state index contributed by atoms with van der Waals surface area (Å²) in [5, 5.41) is 5.83. The van der Waals surface area contributed by atoms with Crippen molar-refractivity contribution >= 4 is 5.91 Å². The molecule has 1 unspecified atom stereocenters. The third-order valence-electron chi connectivity index (χ3n) is 3.55. The van der Waals surface area contributed by atoms with E-state index in [0.29, 0.717) is 18.7 Å². The highest BCUT2D eigenvalue weighted by atomic mass is 19.4. The summed E-state index contributed by atoms with van der Waals surface area (Å²) in [6.07, 6.45) is -5.01. The minimum absolute atomic E-state index is 0.258. The van der Waals surface area contributed by atoms with E-state index in [9.17, 15) is 18.0 Å². The Balaban J connectivity index is 2.01. The van der Waals surface area contributed by atoms with Crippen LogP contribution in [0.25, 0.3) is 0 Å². The summed E-state index contributed by atoms with van der Waals surface area (Å²) in [6, 6.07) is 4.60. The Morgan fingerprint density at radius 3 is 2.87 bits per heavy atom. The number of benzene rings is 1. The quantitative estimate of drug-likeness (QED) is 0.887. The van der Waals surface area contributed by atoms with Gasteiger partial charge in [-0.25, -0.2) is 0 Å². The fraction of sp³-hybridized carbons (Fsp3) is 0.533. The van der Waals surface area contributed by atoms with Crippen LogP contribution in [0.3, 0.4) is 0 Å². The number of carbonyl (C=O) groups is 1. The van der Waals surface area contributed by atoms with Crippen LogP contribution in [0.1, 0.15) is 25.5 Å². The van der Waals surface area contributed by atoms with Gasteiger partial charge in [0.05, 0.1) is 18.8 Å². The van der Waals surface area contributed by atoms with Gasteiger partial charge in [-0.2, -0.15) is 0 Å². The van der Waals surface area contributed by atoms with Crippen LogP contribution in [-0.2, 0) is 9.53 Å². The van der Waals surface area contributed by atoms with Gasteiger partial charge in [0.15, 0.2) is 0 Å². The largest absolute Gasteiger partial charge is 0.573 e. The van der Waals surface area contributed by atoms with Crippen molar-refractivity contribution in [2.45, 2.75) is 38.4 Å². The molecule has 0 saturated carbocycles. The van der Waals surface area contributed by atoms with Crippen molar-refractivity contribution in [3.05, 3.63) is 29.8 Å². The van der Waals surface area contributed by atoms with Crippen molar-refractivity contribution in [3.8, 4) is 5.75 Å². The van der Waals surface area contributed by atoms with E-state index in [4.69, 9.17) is 4.74 Å². The Labute approximate surface area is 132 Å². The van der Waals surface area contributed by atoms with Crippen LogP contribution < -0.4 is 15.4 Å². The van der Waals surface area contributed by atoms with Crippen molar-refractivity contribution in [2.75, 3.05) is 13.2 Å². The molecule has 0 radical (unpaired) electrons. The lowest BCUT2D eigenvalue weighted by Crippen LogP contribution is -2.55. The molecule has 1 aliphatic heterocycles. The fourth-order valence-corrected chi connectivity index (χ4v) is 2.39. The summed E-state index contributed by atoms with van der Waals surface area (Å²) >= 11 is 0. The monoisotopic (exact) mass is 332 g/mol. The van der Waals surface area contributed by atoms with Crippen molar-refractivity contribution in [1.82, 2.24) is 10.6 Å². The molecule has 2 N–H and O–H groups in total. The Morgan fingerprint density at radius 2 is 2.22 bits per heavy atom. The molecule has 0 aliphatic carbocycles. The average Bonchev–Trinajstić information content (AvgIpc) is 2.46. The fourth-order valence-electron chi connectivity index (χ4n) is 2.39.